The van der Waals surface area contributed by atoms with Gasteiger partial charge < -0.3 is 9.88 Å². The molecule has 8 heteroatoms. The predicted octanol–water partition coefficient (Wildman–Crippen LogP) is 0.614. The Morgan fingerprint density at radius 3 is 2.29 bits per heavy atom. The molecule has 0 atom stereocenters. The molecular formula is C13H11F2N3O3. The summed E-state index contributed by atoms with van der Waals surface area (Å²) in [5.74, 6) is -2.94. The van der Waals surface area contributed by atoms with E-state index in [0.717, 1.165) is 33.5 Å². The number of aryl methyl sites for hydroxylation is 1. The van der Waals surface area contributed by atoms with Crippen LogP contribution in [0, 0.1) is 11.6 Å². The minimum atomic E-state index is -1.00. The number of nitrogens with zero attached hydrogens (tertiary/aromatic N) is 2. The minimum absolute atomic E-state index is 0.401. The summed E-state index contributed by atoms with van der Waals surface area (Å²) >= 11 is 0. The first-order chi connectivity index (χ1) is 9.82. The number of aromatic nitrogens is 2. The Morgan fingerprint density at radius 2 is 1.71 bits per heavy atom. The second-order valence-corrected chi connectivity index (χ2v) is 4.35. The van der Waals surface area contributed by atoms with Gasteiger partial charge in [0.15, 0.2) is 0 Å². The zero-order chi connectivity index (χ0) is 15.7. The summed E-state index contributed by atoms with van der Waals surface area (Å²) in [4.78, 5) is 35.3. The van der Waals surface area contributed by atoms with E-state index in [4.69, 9.17) is 0 Å². The van der Waals surface area contributed by atoms with Gasteiger partial charge >= 0.3 is 5.69 Å². The molecule has 0 aliphatic carbocycles. The monoisotopic (exact) mass is 295 g/mol. The van der Waals surface area contributed by atoms with Crippen molar-refractivity contribution in [3.63, 3.8) is 0 Å². The molecule has 2 rings (SSSR count). The van der Waals surface area contributed by atoms with Crippen LogP contribution in [0.25, 0.3) is 0 Å². The van der Waals surface area contributed by atoms with Crippen molar-refractivity contribution in [1.29, 1.82) is 0 Å². The number of rotatable bonds is 2. The summed E-state index contributed by atoms with van der Waals surface area (Å²) in [6, 6.07) is 3.08. The highest BCUT2D eigenvalue weighted by atomic mass is 19.1. The van der Waals surface area contributed by atoms with Gasteiger partial charge in [-0.2, -0.15) is 0 Å². The fourth-order valence-corrected chi connectivity index (χ4v) is 1.76. The van der Waals surface area contributed by atoms with Crippen LogP contribution >= 0.6 is 0 Å². The van der Waals surface area contributed by atoms with E-state index in [1.807, 2.05) is 5.32 Å². The zero-order valence-electron chi connectivity index (χ0n) is 11.2. The Hall–Kier alpha value is -2.77. The standard InChI is InChI=1S/C13H11F2N3O3/c1-17-6-7(12(20)18(2)13(17)21)11(19)16-10-8(14)4-3-5-9(10)15/h3-6H,1-2H3,(H,16,19). The molecule has 1 amide bonds. The Morgan fingerprint density at radius 1 is 1.14 bits per heavy atom. The van der Waals surface area contributed by atoms with Crippen LogP contribution in [0.2, 0.25) is 0 Å². The molecule has 0 unspecified atom stereocenters. The van der Waals surface area contributed by atoms with Gasteiger partial charge in [0.05, 0.1) is 0 Å². The number of para-hydroxylation sites is 1. The lowest BCUT2D eigenvalue weighted by atomic mass is 10.2. The van der Waals surface area contributed by atoms with Crippen molar-refractivity contribution < 1.29 is 13.6 Å². The molecule has 1 heterocycles. The van der Waals surface area contributed by atoms with Gasteiger partial charge in [-0.25, -0.2) is 13.6 Å². The average molecular weight is 295 g/mol. The summed E-state index contributed by atoms with van der Waals surface area (Å²) in [5.41, 5.74) is -2.53. The quantitative estimate of drug-likeness (QED) is 0.882. The number of anilines is 1. The number of nitrogens with one attached hydrogen (secondary N) is 1. The van der Waals surface area contributed by atoms with Crippen LogP contribution in [0.1, 0.15) is 10.4 Å². The number of amides is 1. The number of hydrogen-bond acceptors (Lipinski definition) is 3. The molecule has 0 aliphatic heterocycles. The average Bonchev–Trinajstić information content (AvgIpc) is 2.44. The second kappa shape index (κ2) is 5.31. The van der Waals surface area contributed by atoms with Crippen molar-refractivity contribution in [1.82, 2.24) is 9.13 Å². The Bertz CT molecular complexity index is 819. The van der Waals surface area contributed by atoms with E-state index >= 15 is 0 Å². The van der Waals surface area contributed by atoms with Gasteiger partial charge in [0.25, 0.3) is 11.5 Å². The van der Waals surface area contributed by atoms with E-state index in [1.54, 1.807) is 0 Å². The van der Waals surface area contributed by atoms with E-state index in [0.29, 0.717) is 0 Å². The molecule has 0 radical (unpaired) electrons. The highest BCUT2D eigenvalue weighted by Crippen LogP contribution is 2.18. The minimum Gasteiger partial charge on any atom is -0.317 e. The van der Waals surface area contributed by atoms with Gasteiger partial charge in [0.1, 0.15) is 22.9 Å². The molecule has 110 valence electrons. The molecule has 0 aliphatic rings. The van der Waals surface area contributed by atoms with Gasteiger partial charge in [-0.1, -0.05) is 6.07 Å². The van der Waals surface area contributed by atoms with Crippen LogP contribution in [0.4, 0.5) is 14.5 Å². The molecule has 0 spiro atoms. The number of halogens is 2. The molecule has 1 aromatic heterocycles. The molecule has 6 nitrogen and oxygen atoms in total. The van der Waals surface area contributed by atoms with Crippen molar-refractivity contribution in [2.45, 2.75) is 0 Å². The van der Waals surface area contributed by atoms with Crippen LogP contribution in [0.3, 0.4) is 0 Å². The maximum absolute atomic E-state index is 13.5. The largest absolute Gasteiger partial charge is 0.330 e. The van der Waals surface area contributed by atoms with Gasteiger partial charge in [-0.3, -0.25) is 14.2 Å². The lowest BCUT2D eigenvalue weighted by molar-refractivity contribution is 0.102. The summed E-state index contributed by atoms with van der Waals surface area (Å²) in [5, 5.41) is 1.99. The third kappa shape index (κ3) is 2.60. The van der Waals surface area contributed by atoms with E-state index in [9.17, 15) is 23.2 Å². The number of carbonyl (C=O) groups excluding carboxylic acids is 1. The maximum atomic E-state index is 13.5. The lowest BCUT2D eigenvalue weighted by Gasteiger charge is -2.09. The first kappa shape index (κ1) is 14.6. The Kier molecular flexibility index (Phi) is 3.70. The fraction of sp³-hybridized carbons (Fsp3) is 0.154. The van der Waals surface area contributed by atoms with Gasteiger partial charge in [0, 0.05) is 20.3 Å². The van der Waals surface area contributed by atoms with Crippen LogP contribution in [-0.4, -0.2) is 15.0 Å². The van der Waals surface area contributed by atoms with E-state index in [1.165, 1.54) is 14.1 Å². The summed E-state index contributed by atoms with van der Waals surface area (Å²) in [7, 11) is 2.55. The maximum Gasteiger partial charge on any atom is 0.330 e. The fourth-order valence-electron chi connectivity index (χ4n) is 1.76. The third-order valence-corrected chi connectivity index (χ3v) is 2.89. The molecule has 0 fully saturated rings. The van der Waals surface area contributed by atoms with E-state index in [2.05, 4.69) is 0 Å². The molecule has 1 N–H and O–H groups in total. The lowest BCUT2D eigenvalue weighted by Crippen LogP contribution is -2.40. The van der Waals surface area contributed by atoms with Gasteiger partial charge in [0.2, 0.25) is 0 Å². The van der Waals surface area contributed by atoms with Crippen LogP contribution < -0.4 is 16.6 Å². The van der Waals surface area contributed by atoms with E-state index < -0.39 is 40.0 Å². The summed E-state index contributed by atoms with van der Waals surface area (Å²) in [6.07, 6.45) is 1.01. The van der Waals surface area contributed by atoms with Crippen LogP contribution in [-0.2, 0) is 14.1 Å². The summed E-state index contributed by atoms with van der Waals surface area (Å²) in [6.45, 7) is 0. The highest BCUT2D eigenvalue weighted by molar-refractivity contribution is 6.03. The highest BCUT2D eigenvalue weighted by Gasteiger charge is 2.18. The SMILES string of the molecule is Cn1cc(C(=O)Nc2c(F)cccc2F)c(=O)n(C)c1=O. The topological polar surface area (TPSA) is 73.1 Å². The van der Waals surface area contributed by atoms with Crippen molar-refractivity contribution >= 4 is 11.6 Å². The normalized spacial score (nSPS) is 10.5. The first-order valence-electron chi connectivity index (χ1n) is 5.85. The summed E-state index contributed by atoms with van der Waals surface area (Å²) < 4.78 is 28.7. The van der Waals surface area contributed by atoms with Gasteiger partial charge in [-0.15, -0.1) is 0 Å². The molecule has 0 saturated carbocycles. The number of hydrogen-bond donors (Lipinski definition) is 1. The Labute approximate surface area is 117 Å². The van der Waals surface area contributed by atoms with Crippen molar-refractivity contribution in [3.05, 3.63) is 62.4 Å². The molecule has 1 aromatic carbocycles. The molecule has 2 aromatic rings. The molecule has 0 saturated heterocycles. The number of benzene rings is 1. The molecule has 21 heavy (non-hydrogen) atoms. The van der Waals surface area contributed by atoms with Crippen molar-refractivity contribution in [2.24, 2.45) is 14.1 Å². The second-order valence-electron chi connectivity index (χ2n) is 4.35. The third-order valence-electron chi connectivity index (χ3n) is 2.89. The van der Waals surface area contributed by atoms with Crippen LogP contribution in [0.5, 0.6) is 0 Å². The zero-order valence-corrected chi connectivity index (χ0v) is 11.2. The van der Waals surface area contributed by atoms with Gasteiger partial charge in [-0.05, 0) is 12.1 Å². The predicted molar refractivity (Wildman–Crippen MR) is 71.2 cm³/mol. The van der Waals surface area contributed by atoms with Crippen LogP contribution in [0.15, 0.2) is 34.0 Å². The molecule has 0 bridgehead atoms. The Balaban J connectivity index is 2.48. The first-order valence-corrected chi connectivity index (χ1v) is 5.85. The van der Waals surface area contributed by atoms with Crippen molar-refractivity contribution in [2.75, 3.05) is 5.32 Å². The molecular weight excluding hydrogens is 284 g/mol. The van der Waals surface area contributed by atoms with Crippen molar-refractivity contribution in [3.8, 4) is 0 Å². The number of carbonyl (C=O) groups is 1. The van der Waals surface area contributed by atoms with E-state index in [-0.39, 0.29) is 0 Å². The smallest absolute Gasteiger partial charge is 0.317 e.